The zero-order chi connectivity index (χ0) is 9.68. The molecule has 1 unspecified atom stereocenters. The van der Waals surface area contributed by atoms with Gasteiger partial charge in [-0.3, -0.25) is 0 Å². The van der Waals surface area contributed by atoms with Gasteiger partial charge in [0.25, 0.3) is 0 Å². The molecule has 13 heavy (non-hydrogen) atoms. The smallest absolute Gasteiger partial charge is 0.316 e. The van der Waals surface area contributed by atoms with Gasteiger partial charge >= 0.3 is 6.01 Å². The van der Waals surface area contributed by atoms with Crippen LogP contribution in [0.3, 0.4) is 0 Å². The molecule has 0 saturated carbocycles. The minimum atomic E-state index is -0.343. The van der Waals surface area contributed by atoms with Crippen LogP contribution in [-0.4, -0.2) is 27.8 Å². The molecule has 1 heterocycles. The second-order valence-corrected chi connectivity index (χ2v) is 2.97. The molecular formula is C9H14N2O2. The summed E-state index contributed by atoms with van der Waals surface area (Å²) in [6, 6.07) is 2.18. The Bertz CT molecular complexity index is 264. The highest BCUT2D eigenvalue weighted by Gasteiger charge is 1.99. The predicted octanol–water partition coefficient (Wildman–Crippen LogP) is 0.935. The van der Waals surface area contributed by atoms with E-state index >= 15 is 0 Å². The van der Waals surface area contributed by atoms with Crippen LogP contribution in [0, 0.1) is 6.92 Å². The number of hydrogen-bond donors (Lipinski definition) is 1. The molecule has 1 aromatic heterocycles. The van der Waals surface area contributed by atoms with Crippen LogP contribution in [-0.2, 0) is 0 Å². The van der Waals surface area contributed by atoms with E-state index in [9.17, 15) is 0 Å². The Morgan fingerprint density at radius 1 is 1.62 bits per heavy atom. The number of aliphatic hydroxyl groups is 1. The normalized spacial score (nSPS) is 12.5. The molecule has 72 valence electrons. The van der Waals surface area contributed by atoms with Gasteiger partial charge in [0.05, 0.1) is 12.7 Å². The van der Waals surface area contributed by atoms with Crippen molar-refractivity contribution >= 4 is 0 Å². The van der Waals surface area contributed by atoms with Gasteiger partial charge in [-0.15, -0.1) is 0 Å². The van der Waals surface area contributed by atoms with Crippen molar-refractivity contribution in [1.29, 1.82) is 0 Å². The quantitative estimate of drug-likeness (QED) is 0.752. The fraction of sp³-hybridized carbons (Fsp3) is 0.556. The second-order valence-electron chi connectivity index (χ2n) is 2.97. The van der Waals surface area contributed by atoms with Crippen molar-refractivity contribution in [1.82, 2.24) is 9.97 Å². The van der Waals surface area contributed by atoms with E-state index in [2.05, 4.69) is 9.97 Å². The summed E-state index contributed by atoms with van der Waals surface area (Å²) >= 11 is 0. The first-order chi connectivity index (χ1) is 6.18. The van der Waals surface area contributed by atoms with Crippen molar-refractivity contribution in [3.63, 3.8) is 0 Å². The average Bonchev–Trinajstić information content (AvgIpc) is 2.03. The molecule has 0 aromatic carbocycles. The van der Waals surface area contributed by atoms with Crippen LogP contribution in [0.25, 0.3) is 0 Å². The molecule has 1 aromatic rings. The van der Waals surface area contributed by atoms with Crippen LogP contribution in [0.15, 0.2) is 12.3 Å². The molecule has 0 aliphatic carbocycles. The van der Waals surface area contributed by atoms with E-state index in [1.54, 1.807) is 13.1 Å². The van der Waals surface area contributed by atoms with Crippen molar-refractivity contribution in [2.75, 3.05) is 6.61 Å². The van der Waals surface area contributed by atoms with Crippen LogP contribution >= 0.6 is 0 Å². The Hall–Kier alpha value is -1.16. The molecule has 1 N–H and O–H groups in total. The summed E-state index contributed by atoms with van der Waals surface area (Å²) in [4.78, 5) is 7.98. The third-order valence-electron chi connectivity index (χ3n) is 1.54. The SMILES string of the molecule is Cc1ccnc(OCCC(C)O)n1. The molecule has 0 radical (unpaired) electrons. The Morgan fingerprint density at radius 3 is 3.00 bits per heavy atom. The number of hydrogen-bond acceptors (Lipinski definition) is 4. The summed E-state index contributed by atoms with van der Waals surface area (Å²) in [7, 11) is 0. The van der Waals surface area contributed by atoms with Gasteiger partial charge in [-0.05, 0) is 19.9 Å². The lowest BCUT2D eigenvalue weighted by atomic mass is 10.3. The Morgan fingerprint density at radius 2 is 2.38 bits per heavy atom. The molecule has 0 spiro atoms. The van der Waals surface area contributed by atoms with Crippen LogP contribution in [0.1, 0.15) is 19.0 Å². The van der Waals surface area contributed by atoms with Crippen molar-refractivity contribution in [2.45, 2.75) is 26.4 Å². The number of nitrogens with zero attached hydrogens (tertiary/aromatic N) is 2. The monoisotopic (exact) mass is 182 g/mol. The largest absolute Gasteiger partial charge is 0.463 e. The summed E-state index contributed by atoms with van der Waals surface area (Å²) in [5, 5.41) is 8.96. The van der Waals surface area contributed by atoms with E-state index in [4.69, 9.17) is 9.84 Å². The summed E-state index contributed by atoms with van der Waals surface area (Å²) in [6.45, 7) is 4.05. The molecular weight excluding hydrogens is 168 g/mol. The lowest BCUT2D eigenvalue weighted by Crippen LogP contribution is -2.09. The molecule has 4 heteroatoms. The van der Waals surface area contributed by atoms with Gasteiger partial charge in [0, 0.05) is 18.3 Å². The molecule has 0 fully saturated rings. The molecule has 0 aliphatic rings. The van der Waals surface area contributed by atoms with E-state index < -0.39 is 0 Å². The van der Waals surface area contributed by atoms with Gasteiger partial charge in [-0.25, -0.2) is 9.97 Å². The van der Waals surface area contributed by atoms with Crippen molar-refractivity contribution < 1.29 is 9.84 Å². The van der Waals surface area contributed by atoms with Gasteiger partial charge in [-0.2, -0.15) is 0 Å². The Kier molecular flexibility index (Phi) is 3.64. The number of aliphatic hydroxyl groups excluding tert-OH is 1. The maximum Gasteiger partial charge on any atom is 0.316 e. The van der Waals surface area contributed by atoms with E-state index in [0.717, 1.165) is 5.69 Å². The average molecular weight is 182 g/mol. The number of aryl methyl sites for hydroxylation is 1. The van der Waals surface area contributed by atoms with E-state index in [0.29, 0.717) is 19.0 Å². The van der Waals surface area contributed by atoms with Gasteiger partial charge in [0.1, 0.15) is 0 Å². The standard InChI is InChI=1S/C9H14N2O2/c1-7-3-5-10-9(11-7)13-6-4-8(2)12/h3,5,8,12H,4,6H2,1-2H3. The fourth-order valence-electron chi connectivity index (χ4n) is 0.816. The maximum absolute atomic E-state index is 8.96. The van der Waals surface area contributed by atoms with Crippen molar-refractivity contribution in [3.8, 4) is 6.01 Å². The van der Waals surface area contributed by atoms with E-state index in [1.807, 2.05) is 13.0 Å². The first-order valence-electron chi connectivity index (χ1n) is 4.29. The maximum atomic E-state index is 8.96. The number of ether oxygens (including phenoxy) is 1. The highest BCUT2D eigenvalue weighted by Crippen LogP contribution is 2.02. The number of aromatic nitrogens is 2. The topological polar surface area (TPSA) is 55.2 Å². The summed E-state index contributed by atoms with van der Waals surface area (Å²) in [5.74, 6) is 0. The van der Waals surface area contributed by atoms with E-state index in [-0.39, 0.29) is 6.10 Å². The van der Waals surface area contributed by atoms with Gasteiger partial charge in [0.15, 0.2) is 0 Å². The molecule has 0 saturated heterocycles. The van der Waals surface area contributed by atoms with Crippen molar-refractivity contribution in [3.05, 3.63) is 18.0 Å². The first-order valence-corrected chi connectivity index (χ1v) is 4.29. The Labute approximate surface area is 77.6 Å². The molecule has 0 amide bonds. The fourth-order valence-corrected chi connectivity index (χ4v) is 0.816. The van der Waals surface area contributed by atoms with Crippen molar-refractivity contribution in [2.24, 2.45) is 0 Å². The summed E-state index contributed by atoms with van der Waals surface area (Å²) < 4.78 is 5.22. The predicted molar refractivity (Wildman–Crippen MR) is 48.6 cm³/mol. The minimum absolute atomic E-state index is 0.343. The third-order valence-corrected chi connectivity index (χ3v) is 1.54. The third kappa shape index (κ3) is 3.85. The highest BCUT2D eigenvalue weighted by molar-refractivity contribution is 5.02. The molecule has 1 rings (SSSR count). The van der Waals surface area contributed by atoms with E-state index in [1.165, 1.54) is 0 Å². The molecule has 0 bridgehead atoms. The molecule has 4 nitrogen and oxygen atoms in total. The Balaban J connectivity index is 2.37. The van der Waals surface area contributed by atoms with Crippen LogP contribution in [0.2, 0.25) is 0 Å². The second kappa shape index (κ2) is 4.77. The summed E-state index contributed by atoms with van der Waals surface area (Å²) in [6.07, 6.45) is 1.90. The first kappa shape index (κ1) is 9.92. The number of rotatable bonds is 4. The minimum Gasteiger partial charge on any atom is -0.463 e. The zero-order valence-electron chi connectivity index (χ0n) is 7.90. The lowest BCUT2D eigenvalue weighted by Gasteiger charge is -2.05. The van der Waals surface area contributed by atoms with Crippen LogP contribution in [0.4, 0.5) is 0 Å². The summed E-state index contributed by atoms with van der Waals surface area (Å²) in [5.41, 5.74) is 0.877. The highest BCUT2D eigenvalue weighted by atomic mass is 16.5. The van der Waals surface area contributed by atoms with Crippen LogP contribution < -0.4 is 4.74 Å². The van der Waals surface area contributed by atoms with Gasteiger partial charge in [-0.1, -0.05) is 0 Å². The lowest BCUT2D eigenvalue weighted by molar-refractivity contribution is 0.152. The van der Waals surface area contributed by atoms with Crippen LogP contribution in [0.5, 0.6) is 6.01 Å². The molecule has 0 aliphatic heterocycles. The van der Waals surface area contributed by atoms with Gasteiger partial charge in [0.2, 0.25) is 0 Å². The van der Waals surface area contributed by atoms with Gasteiger partial charge < -0.3 is 9.84 Å². The zero-order valence-corrected chi connectivity index (χ0v) is 7.90. The molecule has 1 atom stereocenters.